The van der Waals surface area contributed by atoms with Crippen LogP contribution < -0.4 is 0 Å². The van der Waals surface area contributed by atoms with Crippen molar-refractivity contribution in [2.75, 3.05) is 0 Å². The van der Waals surface area contributed by atoms with Crippen LogP contribution in [0.3, 0.4) is 0 Å². The van der Waals surface area contributed by atoms with Crippen LogP contribution in [0, 0.1) is 22.7 Å². The second-order valence-electron chi connectivity index (χ2n) is 8.36. The summed E-state index contributed by atoms with van der Waals surface area (Å²) in [5.74, 6) is 1.40. The molecule has 0 radical (unpaired) electrons. The van der Waals surface area contributed by atoms with Crippen LogP contribution >= 0.6 is 15.9 Å². The number of aliphatic hydroxyl groups is 1. The van der Waals surface area contributed by atoms with E-state index in [1.165, 1.54) is 32.1 Å². The summed E-state index contributed by atoms with van der Waals surface area (Å²) in [4.78, 5) is 0. The quantitative estimate of drug-likeness (QED) is 0.481. The van der Waals surface area contributed by atoms with Gasteiger partial charge in [-0.05, 0) is 55.8 Å². The van der Waals surface area contributed by atoms with E-state index in [0.29, 0.717) is 11.3 Å². The molecule has 6 atom stereocenters. The van der Waals surface area contributed by atoms with Crippen molar-refractivity contribution < 1.29 is 5.11 Å². The molecule has 0 unspecified atom stereocenters. The van der Waals surface area contributed by atoms with Crippen molar-refractivity contribution in [1.29, 1.82) is 0 Å². The number of halogens is 1. The highest BCUT2D eigenvalue weighted by atomic mass is 79.9. The summed E-state index contributed by atoms with van der Waals surface area (Å²) in [5, 5.41) is 11.2. The van der Waals surface area contributed by atoms with Crippen molar-refractivity contribution in [2.24, 2.45) is 22.7 Å². The third-order valence-corrected chi connectivity index (χ3v) is 9.41. The minimum absolute atomic E-state index is 0.00248. The molecule has 2 heteroatoms. The number of alkyl halides is 1. The molecule has 3 saturated carbocycles. The van der Waals surface area contributed by atoms with E-state index in [2.05, 4.69) is 48.0 Å². The molecule has 0 bridgehead atoms. The van der Waals surface area contributed by atoms with Gasteiger partial charge in [0.1, 0.15) is 0 Å². The van der Waals surface area contributed by atoms with E-state index in [4.69, 9.17) is 0 Å². The smallest absolute Gasteiger partial charge is 0.0712 e. The largest absolute Gasteiger partial charge is 0.392 e. The fourth-order valence-electron chi connectivity index (χ4n) is 6.35. The molecule has 0 saturated heterocycles. The molecule has 0 aromatic rings. The SMILES string of the molecule is C[C@@]12CCC[C@H]1[C@@H]1CCC3=CCC=C[C@]3(C)[C@@]1(Br)[C@@H](O)C2. The first-order chi connectivity index (χ1) is 9.92. The Bertz CT molecular complexity index is 524. The van der Waals surface area contributed by atoms with Gasteiger partial charge in [0.15, 0.2) is 0 Å². The molecule has 1 N–H and O–H groups in total. The van der Waals surface area contributed by atoms with Crippen LogP contribution in [0.4, 0.5) is 0 Å². The van der Waals surface area contributed by atoms with Gasteiger partial charge in [-0.15, -0.1) is 0 Å². The van der Waals surface area contributed by atoms with Crippen LogP contribution in [-0.2, 0) is 0 Å². The molecule has 3 fully saturated rings. The average molecular weight is 351 g/mol. The number of rotatable bonds is 0. The molecule has 21 heavy (non-hydrogen) atoms. The van der Waals surface area contributed by atoms with E-state index in [9.17, 15) is 5.11 Å². The average Bonchev–Trinajstić information content (AvgIpc) is 2.81. The lowest BCUT2D eigenvalue weighted by molar-refractivity contribution is -0.0782. The minimum Gasteiger partial charge on any atom is -0.392 e. The zero-order valence-electron chi connectivity index (χ0n) is 13.2. The molecule has 0 spiro atoms. The van der Waals surface area contributed by atoms with Gasteiger partial charge < -0.3 is 5.11 Å². The maximum atomic E-state index is 11.2. The lowest BCUT2D eigenvalue weighted by atomic mass is 9.47. The number of fused-ring (bicyclic) bond motifs is 5. The van der Waals surface area contributed by atoms with Crippen molar-refractivity contribution in [2.45, 2.75) is 69.2 Å². The molecule has 4 aliphatic carbocycles. The molecule has 0 aromatic heterocycles. The van der Waals surface area contributed by atoms with Gasteiger partial charge >= 0.3 is 0 Å². The van der Waals surface area contributed by atoms with Crippen LogP contribution in [0.1, 0.15) is 58.8 Å². The van der Waals surface area contributed by atoms with Crippen LogP contribution in [0.5, 0.6) is 0 Å². The van der Waals surface area contributed by atoms with E-state index in [1.54, 1.807) is 5.57 Å². The summed E-state index contributed by atoms with van der Waals surface area (Å²) < 4.78 is -0.157. The first kappa shape index (κ1) is 14.5. The molecule has 0 aliphatic heterocycles. The lowest BCUT2D eigenvalue weighted by Gasteiger charge is -2.63. The van der Waals surface area contributed by atoms with Gasteiger partial charge in [0.05, 0.1) is 10.4 Å². The minimum atomic E-state index is -0.238. The van der Waals surface area contributed by atoms with Crippen molar-refractivity contribution in [3.63, 3.8) is 0 Å². The summed E-state index contributed by atoms with van der Waals surface area (Å²) in [5.41, 5.74) is 1.92. The topological polar surface area (TPSA) is 20.2 Å². The van der Waals surface area contributed by atoms with Gasteiger partial charge in [-0.25, -0.2) is 0 Å². The molecule has 1 nitrogen and oxygen atoms in total. The zero-order chi connectivity index (χ0) is 14.9. The molecule has 4 rings (SSSR count). The van der Waals surface area contributed by atoms with Gasteiger partial charge in [0, 0.05) is 5.41 Å². The summed E-state index contributed by atoms with van der Waals surface area (Å²) in [6, 6.07) is 0. The highest BCUT2D eigenvalue weighted by Gasteiger charge is 2.66. The van der Waals surface area contributed by atoms with Gasteiger partial charge in [0.25, 0.3) is 0 Å². The third-order valence-electron chi connectivity index (χ3n) is 7.47. The first-order valence-corrected chi connectivity index (χ1v) is 9.45. The molecule has 0 heterocycles. The fraction of sp³-hybridized carbons (Fsp3) is 0.789. The lowest BCUT2D eigenvalue weighted by Crippen LogP contribution is -2.64. The second kappa shape index (κ2) is 4.47. The van der Waals surface area contributed by atoms with Crippen molar-refractivity contribution in [3.05, 3.63) is 23.8 Å². The third kappa shape index (κ3) is 1.67. The van der Waals surface area contributed by atoms with Crippen molar-refractivity contribution in [3.8, 4) is 0 Å². The standard InChI is InChI=1S/C19H27BrO/c1-17-10-5-7-14(17)15-9-8-13-6-3-4-11-18(13,2)19(15,20)16(21)12-17/h4,6,11,14-16,21H,3,5,7-10,12H2,1-2H3/t14-,15-,16-,17-,18-,19-/m0/s1. The highest BCUT2D eigenvalue weighted by Crippen LogP contribution is 2.69. The van der Waals surface area contributed by atoms with E-state index >= 15 is 0 Å². The Morgan fingerprint density at radius 3 is 2.86 bits per heavy atom. The summed E-state index contributed by atoms with van der Waals surface area (Å²) in [7, 11) is 0. The number of hydrogen-bond donors (Lipinski definition) is 1. The van der Waals surface area contributed by atoms with E-state index in [1.807, 2.05) is 0 Å². The van der Waals surface area contributed by atoms with Gasteiger partial charge in [-0.3, -0.25) is 0 Å². The van der Waals surface area contributed by atoms with Crippen molar-refractivity contribution in [1.82, 2.24) is 0 Å². The maximum absolute atomic E-state index is 11.2. The maximum Gasteiger partial charge on any atom is 0.0712 e. The van der Waals surface area contributed by atoms with Gasteiger partial charge in [-0.2, -0.15) is 0 Å². The molecule has 0 aromatic carbocycles. The van der Waals surface area contributed by atoms with Crippen LogP contribution in [-0.4, -0.2) is 15.5 Å². The summed E-state index contributed by atoms with van der Waals surface area (Å²) in [6.07, 6.45) is 15.4. The Morgan fingerprint density at radius 2 is 2.05 bits per heavy atom. The van der Waals surface area contributed by atoms with Crippen molar-refractivity contribution >= 4 is 15.9 Å². The van der Waals surface area contributed by atoms with Gasteiger partial charge in [0.2, 0.25) is 0 Å². The summed E-state index contributed by atoms with van der Waals surface area (Å²) >= 11 is 4.15. The highest BCUT2D eigenvalue weighted by molar-refractivity contribution is 9.10. The second-order valence-corrected chi connectivity index (χ2v) is 9.67. The predicted octanol–water partition coefficient (Wildman–Crippen LogP) is 4.99. The molecule has 0 amide bonds. The predicted molar refractivity (Wildman–Crippen MR) is 90.4 cm³/mol. The number of aliphatic hydroxyl groups excluding tert-OH is 1. The zero-order valence-corrected chi connectivity index (χ0v) is 14.8. The molecule has 116 valence electrons. The van der Waals surface area contributed by atoms with Crippen LogP contribution in [0.15, 0.2) is 23.8 Å². The Morgan fingerprint density at radius 1 is 1.24 bits per heavy atom. The fourth-order valence-corrected chi connectivity index (χ4v) is 7.45. The first-order valence-electron chi connectivity index (χ1n) is 8.66. The molecular formula is C19H27BrO. The van der Waals surface area contributed by atoms with Crippen LogP contribution in [0.25, 0.3) is 0 Å². The molecule has 4 aliphatic rings. The normalized spacial score (nSPS) is 55.4. The Labute approximate surface area is 137 Å². The van der Waals surface area contributed by atoms with Gasteiger partial charge in [-0.1, -0.05) is 60.0 Å². The van der Waals surface area contributed by atoms with E-state index in [-0.39, 0.29) is 15.8 Å². The van der Waals surface area contributed by atoms with Crippen LogP contribution in [0.2, 0.25) is 0 Å². The van der Waals surface area contributed by atoms with E-state index in [0.717, 1.165) is 18.8 Å². The Kier molecular flexibility index (Phi) is 3.09. The Hall–Kier alpha value is -0.0800. The number of hydrogen-bond acceptors (Lipinski definition) is 1. The number of allylic oxidation sites excluding steroid dienone is 4. The summed E-state index contributed by atoms with van der Waals surface area (Å²) in [6.45, 7) is 4.79. The monoisotopic (exact) mass is 350 g/mol. The van der Waals surface area contributed by atoms with E-state index < -0.39 is 0 Å². The Balaban J connectivity index is 1.83. The molecular weight excluding hydrogens is 324 g/mol.